The zero-order valence-corrected chi connectivity index (χ0v) is 8.90. The Kier molecular flexibility index (Phi) is 3.49. The Morgan fingerprint density at radius 3 is 2.40 bits per heavy atom. The molecule has 0 aliphatic carbocycles. The van der Waals surface area contributed by atoms with Crippen LogP contribution in [0.4, 0.5) is 0 Å². The molecule has 0 aliphatic rings. The summed E-state index contributed by atoms with van der Waals surface area (Å²) in [7, 11) is 2.91. The summed E-state index contributed by atoms with van der Waals surface area (Å²) in [5.74, 6) is -0.361. The van der Waals surface area contributed by atoms with Crippen LogP contribution in [0.3, 0.4) is 0 Å². The lowest BCUT2D eigenvalue weighted by Crippen LogP contribution is -2.07. The van der Waals surface area contributed by atoms with Crippen LogP contribution in [-0.4, -0.2) is 30.3 Å². The van der Waals surface area contributed by atoms with Gasteiger partial charge in [0.1, 0.15) is 5.75 Å². The smallest absolute Gasteiger partial charge is 0.358 e. The van der Waals surface area contributed by atoms with Crippen LogP contribution >= 0.6 is 0 Å². The van der Waals surface area contributed by atoms with Gasteiger partial charge in [-0.15, -0.1) is 0 Å². The molecule has 0 unspecified atom stereocenters. The van der Waals surface area contributed by atoms with Crippen LogP contribution < -0.4 is 9.47 Å². The summed E-state index contributed by atoms with van der Waals surface area (Å²) in [5.41, 5.74) is 0.519. The van der Waals surface area contributed by atoms with E-state index in [9.17, 15) is 4.79 Å². The molecule has 0 saturated heterocycles. The number of nitrogens with zero attached hydrogens (tertiary/aromatic N) is 1. The number of carbonyl (C=O) groups is 1. The lowest BCUT2D eigenvalue weighted by molar-refractivity contribution is 0.0686. The summed E-state index contributed by atoms with van der Waals surface area (Å²) < 4.78 is 10.0. The summed E-state index contributed by atoms with van der Waals surface area (Å²) in [4.78, 5) is 14.8. The molecular weight excluding hydrogens is 198 g/mol. The van der Waals surface area contributed by atoms with Crippen molar-refractivity contribution in [3.05, 3.63) is 17.5 Å². The number of methoxy groups -OCH3 is 2. The van der Waals surface area contributed by atoms with Gasteiger partial charge in [-0.25, -0.2) is 9.78 Å². The topological polar surface area (TPSA) is 68.7 Å². The number of aromatic nitrogens is 1. The first-order chi connectivity index (χ1) is 7.13. The molecule has 0 saturated carbocycles. The fraction of sp³-hybridized carbons (Fsp3) is 0.400. The summed E-state index contributed by atoms with van der Waals surface area (Å²) in [6, 6.07) is 1.54. The SMILES string of the molecule is CCc1nc(C(=O)O)c(OC)cc1OC. The standard InChI is InChI=1S/C10H13NO4/c1-4-6-7(14-2)5-8(15-3)9(11-6)10(12)13/h5H,4H2,1-3H3,(H,12,13). The van der Waals surface area contributed by atoms with Gasteiger partial charge < -0.3 is 14.6 Å². The molecule has 0 amide bonds. The first-order valence-corrected chi connectivity index (χ1v) is 4.49. The van der Waals surface area contributed by atoms with E-state index >= 15 is 0 Å². The van der Waals surface area contributed by atoms with Crippen LogP contribution in [0.15, 0.2) is 6.07 Å². The van der Waals surface area contributed by atoms with Crippen LogP contribution in [0.5, 0.6) is 11.5 Å². The van der Waals surface area contributed by atoms with Crippen LogP contribution in [0.2, 0.25) is 0 Å². The number of carboxylic acids is 1. The van der Waals surface area contributed by atoms with E-state index in [1.165, 1.54) is 20.3 Å². The lowest BCUT2D eigenvalue weighted by Gasteiger charge is -2.10. The number of pyridine rings is 1. The minimum atomic E-state index is -1.11. The van der Waals surface area contributed by atoms with Crippen molar-refractivity contribution < 1.29 is 19.4 Å². The molecule has 1 N–H and O–H groups in total. The van der Waals surface area contributed by atoms with Crippen molar-refractivity contribution in [3.63, 3.8) is 0 Å². The monoisotopic (exact) mass is 211 g/mol. The fourth-order valence-electron chi connectivity index (χ4n) is 1.25. The normalized spacial score (nSPS) is 9.80. The molecule has 0 atom stereocenters. The first kappa shape index (κ1) is 11.3. The maximum atomic E-state index is 10.9. The zero-order valence-electron chi connectivity index (χ0n) is 8.90. The van der Waals surface area contributed by atoms with Crippen molar-refractivity contribution >= 4 is 5.97 Å². The first-order valence-electron chi connectivity index (χ1n) is 4.49. The second kappa shape index (κ2) is 4.63. The molecular formula is C10H13NO4. The van der Waals surface area contributed by atoms with Gasteiger partial charge in [0.25, 0.3) is 0 Å². The van der Waals surface area contributed by atoms with Gasteiger partial charge in [0, 0.05) is 6.07 Å². The van der Waals surface area contributed by atoms with Gasteiger partial charge in [-0.05, 0) is 6.42 Å². The van der Waals surface area contributed by atoms with Crippen molar-refractivity contribution in [2.45, 2.75) is 13.3 Å². The highest BCUT2D eigenvalue weighted by Gasteiger charge is 2.17. The molecule has 1 heterocycles. The Morgan fingerprint density at radius 2 is 2.00 bits per heavy atom. The molecule has 0 aliphatic heterocycles. The van der Waals surface area contributed by atoms with Crippen molar-refractivity contribution in [1.82, 2.24) is 4.98 Å². The van der Waals surface area contributed by atoms with Crippen LogP contribution in [0.1, 0.15) is 23.1 Å². The number of aryl methyl sites for hydroxylation is 1. The quantitative estimate of drug-likeness (QED) is 0.814. The molecule has 82 valence electrons. The minimum absolute atomic E-state index is 0.0878. The van der Waals surface area contributed by atoms with E-state index in [1.54, 1.807) is 0 Å². The van der Waals surface area contributed by atoms with Crippen molar-refractivity contribution in [2.24, 2.45) is 0 Å². The molecule has 5 nitrogen and oxygen atoms in total. The van der Waals surface area contributed by atoms with E-state index < -0.39 is 5.97 Å². The second-order valence-electron chi connectivity index (χ2n) is 2.85. The Labute approximate surface area is 87.7 Å². The van der Waals surface area contributed by atoms with E-state index in [2.05, 4.69) is 4.98 Å². The Morgan fingerprint density at radius 1 is 1.40 bits per heavy atom. The van der Waals surface area contributed by atoms with Gasteiger partial charge in [0.05, 0.1) is 19.9 Å². The average molecular weight is 211 g/mol. The predicted molar refractivity (Wildman–Crippen MR) is 53.7 cm³/mol. The predicted octanol–water partition coefficient (Wildman–Crippen LogP) is 1.36. The van der Waals surface area contributed by atoms with Gasteiger partial charge in [-0.3, -0.25) is 0 Å². The lowest BCUT2D eigenvalue weighted by atomic mass is 10.2. The molecule has 0 spiro atoms. The number of hydrogen-bond donors (Lipinski definition) is 1. The van der Waals surface area contributed by atoms with Crippen molar-refractivity contribution in [3.8, 4) is 11.5 Å². The van der Waals surface area contributed by atoms with Gasteiger partial charge in [-0.2, -0.15) is 0 Å². The molecule has 0 fully saturated rings. The van der Waals surface area contributed by atoms with Crippen molar-refractivity contribution in [2.75, 3.05) is 14.2 Å². The maximum absolute atomic E-state index is 10.9. The molecule has 1 aromatic heterocycles. The van der Waals surface area contributed by atoms with Gasteiger partial charge in [0.2, 0.25) is 0 Å². The van der Waals surface area contributed by atoms with Crippen LogP contribution in [0, 0.1) is 0 Å². The third-order valence-electron chi connectivity index (χ3n) is 2.00. The zero-order chi connectivity index (χ0) is 11.4. The second-order valence-corrected chi connectivity index (χ2v) is 2.85. The third kappa shape index (κ3) is 2.18. The fourth-order valence-corrected chi connectivity index (χ4v) is 1.25. The number of carboxylic acid groups (broad SMARTS) is 1. The highest BCUT2D eigenvalue weighted by atomic mass is 16.5. The van der Waals surface area contributed by atoms with Crippen molar-refractivity contribution in [1.29, 1.82) is 0 Å². The molecule has 5 heteroatoms. The summed E-state index contributed by atoms with van der Waals surface area (Å²) in [6.45, 7) is 1.88. The van der Waals surface area contributed by atoms with E-state index in [4.69, 9.17) is 14.6 Å². The van der Waals surface area contributed by atoms with Gasteiger partial charge in [-0.1, -0.05) is 6.92 Å². The Balaban J connectivity index is 3.34. The maximum Gasteiger partial charge on any atom is 0.358 e. The largest absolute Gasteiger partial charge is 0.495 e. The molecule has 0 aromatic carbocycles. The van der Waals surface area contributed by atoms with E-state index in [0.29, 0.717) is 17.9 Å². The minimum Gasteiger partial charge on any atom is -0.495 e. The number of ether oxygens (including phenoxy) is 2. The van der Waals surface area contributed by atoms with E-state index in [0.717, 1.165) is 0 Å². The third-order valence-corrected chi connectivity index (χ3v) is 2.00. The van der Waals surface area contributed by atoms with Gasteiger partial charge >= 0.3 is 5.97 Å². The number of aromatic carboxylic acids is 1. The Hall–Kier alpha value is -1.78. The van der Waals surface area contributed by atoms with E-state index in [1.807, 2.05) is 6.92 Å². The number of rotatable bonds is 4. The summed E-state index contributed by atoms with van der Waals surface area (Å²) >= 11 is 0. The van der Waals surface area contributed by atoms with Crippen LogP contribution in [0.25, 0.3) is 0 Å². The number of hydrogen-bond acceptors (Lipinski definition) is 4. The molecule has 0 bridgehead atoms. The Bertz CT molecular complexity index is 376. The average Bonchev–Trinajstić information content (AvgIpc) is 2.26. The summed E-state index contributed by atoms with van der Waals surface area (Å²) in [6.07, 6.45) is 0.605. The molecule has 1 aromatic rings. The van der Waals surface area contributed by atoms with Gasteiger partial charge in [0.15, 0.2) is 11.4 Å². The summed E-state index contributed by atoms with van der Waals surface area (Å²) in [5, 5.41) is 8.90. The highest BCUT2D eigenvalue weighted by molar-refractivity contribution is 5.88. The molecule has 0 radical (unpaired) electrons. The van der Waals surface area contributed by atoms with E-state index in [-0.39, 0.29) is 11.4 Å². The molecule has 1 rings (SSSR count). The van der Waals surface area contributed by atoms with Crippen LogP contribution in [-0.2, 0) is 6.42 Å². The highest BCUT2D eigenvalue weighted by Crippen LogP contribution is 2.26. The molecule has 15 heavy (non-hydrogen) atoms.